The number of hydrogen-bond donors (Lipinski definition) is 3. The van der Waals surface area contributed by atoms with E-state index in [1.54, 1.807) is 0 Å². The molecule has 0 fully saturated rings. The highest BCUT2D eigenvalue weighted by Crippen LogP contribution is 2.19. The fraction of sp³-hybridized carbons (Fsp3) is 0.588. The van der Waals surface area contributed by atoms with Gasteiger partial charge < -0.3 is 15.7 Å². The Labute approximate surface area is 126 Å². The van der Waals surface area contributed by atoms with Crippen LogP contribution in [-0.4, -0.2) is 30.7 Å². The number of aliphatic hydroxyl groups is 1. The van der Waals surface area contributed by atoms with Gasteiger partial charge in [-0.15, -0.1) is 0 Å². The first-order chi connectivity index (χ1) is 10.3. The Bertz CT molecular complexity index is 468. The zero-order chi connectivity index (χ0) is 15.1. The maximum atomic E-state index is 12.4. The average molecular weight is 290 g/mol. The minimum absolute atomic E-state index is 0.0211. The van der Waals surface area contributed by atoms with Crippen LogP contribution >= 0.6 is 0 Å². The van der Waals surface area contributed by atoms with Crippen LogP contribution in [0.4, 0.5) is 0 Å². The molecule has 2 rings (SSSR count). The number of amides is 1. The van der Waals surface area contributed by atoms with E-state index in [0.717, 1.165) is 44.3 Å². The number of rotatable bonds is 7. The molecule has 0 saturated heterocycles. The molecule has 1 atom stereocenters. The minimum atomic E-state index is 0.0211. The molecule has 0 saturated carbocycles. The standard InChI is InChI=1S/C17H26N2O2/c1-2-4-13(8-10-20)11-19-17(21)16-6-3-5-14-12-18-9-7-15(14)16/h3,5-6,13,18,20H,2,4,7-12H2,1H3,(H,19,21). The Morgan fingerprint density at radius 1 is 1.43 bits per heavy atom. The van der Waals surface area contributed by atoms with E-state index in [-0.39, 0.29) is 12.5 Å². The number of nitrogens with one attached hydrogen (secondary N) is 2. The Morgan fingerprint density at radius 2 is 2.29 bits per heavy atom. The largest absolute Gasteiger partial charge is 0.396 e. The highest BCUT2D eigenvalue weighted by Gasteiger charge is 2.18. The van der Waals surface area contributed by atoms with Crippen LogP contribution in [0.2, 0.25) is 0 Å². The van der Waals surface area contributed by atoms with Crippen molar-refractivity contribution in [2.75, 3.05) is 19.7 Å². The van der Waals surface area contributed by atoms with E-state index in [2.05, 4.69) is 23.6 Å². The third-order valence-electron chi connectivity index (χ3n) is 4.17. The lowest BCUT2D eigenvalue weighted by Crippen LogP contribution is -2.32. The second kappa shape index (κ2) is 8.15. The first kappa shape index (κ1) is 16.0. The van der Waals surface area contributed by atoms with Crippen LogP contribution in [0.25, 0.3) is 0 Å². The second-order valence-corrected chi connectivity index (χ2v) is 5.75. The number of benzene rings is 1. The van der Waals surface area contributed by atoms with Crippen molar-refractivity contribution < 1.29 is 9.90 Å². The van der Waals surface area contributed by atoms with Crippen molar-refractivity contribution in [2.45, 2.75) is 39.2 Å². The molecule has 1 aliphatic rings. The highest BCUT2D eigenvalue weighted by atomic mass is 16.3. The molecule has 1 aromatic carbocycles. The first-order valence-electron chi connectivity index (χ1n) is 7.96. The first-order valence-corrected chi connectivity index (χ1v) is 7.96. The fourth-order valence-electron chi connectivity index (χ4n) is 3.02. The quantitative estimate of drug-likeness (QED) is 0.718. The lowest BCUT2D eigenvalue weighted by Gasteiger charge is -2.21. The lowest BCUT2D eigenvalue weighted by molar-refractivity contribution is 0.0941. The molecule has 116 valence electrons. The number of carbonyl (C=O) groups is 1. The third-order valence-corrected chi connectivity index (χ3v) is 4.17. The minimum Gasteiger partial charge on any atom is -0.396 e. The summed E-state index contributed by atoms with van der Waals surface area (Å²) in [6, 6.07) is 5.96. The van der Waals surface area contributed by atoms with Gasteiger partial charge in [-0.1, -0.05) is 25.5 Å². The van der Waals surface area contributed by atoms with Crippen LogP contribution in [0.3, 0.4) is 0 Å². The van der Waals surface area contributed by atoms with Crippen molar-refractivity contribution >= 4 is 5.91 Å². The van der Waals surface area contributed by atoms with E-state index in [1.807, 2.05) is 12.1 Å². The molecular weight excluding hydrogens is 264 g/mol. The Kier molecular flexibility index (Phi) is 6.21. The number of carbonyl (C=O) groups excluding carboxylic acids is 1. The fourth-order valence-corrected chi connectivity index (χ4v) is 3.02. The van der Waals surface area contributed by atoms with E-state index in [9.17, 15) is 4.79 Å². The van der Waals surface area contributed by atoms with Crippen LogP contribution in [0, 0.1) is 5.92 Å². The Balaban J connectivity index is 2.00. The summed E-state index contributed by atoms with van der Waals surface area (Å²) < 4.78 is 0. The van der Waals surface area contributed by atoms with Crippen molar-refractivity contribution in [3.05, 3.63) is 34.9 Å². The molecule has 0 radical (unpaired) electrons. The molecule has 0 spiro atoms. The summed E-state index contributed by atoms with van der Waals surface area (Å²) in [6.45, 7) is 4.74. The molecule has 0 bridgehead atoms. The zero-order valence-electron chi connectivity index (χ0n) is 12.8. The summed E-state index contributed by atoms with van der Waals surface area (Å²) in [4.78, 5) is 12.4. The average Bonchev–Trinajstić information content (AvgIpc) is 2.52. The molecule has 0 aliphatic carbocycles. The normalized spacial score (nSPS) is 15.3. The topological polar surface area (TPSA) is 61.4 Å². The number of fused-ring (bicyclic) bond motifs is 1. The van der Waals surface area contributed by atoms with Crippen molar-refractivity contribution in [3.8, 4) is 0 Å². The van der Waals surface area contributed by atoms with E-state index in [4.69, 9.17) is 5.11 Å². The van der Waals surface area contributed by atoms with E-state index in [0.29, 0.717) is 12.5 Å². The predicted octanol–water partition coefficient (Wildman–Crippen LogP) is 1.86. The SMILES string of the molecule is CCCC(CCO)CNC(=O)c1cccc2c1CCNC2. The summed E-state index contributed by atoms with van der Waals surface area (Å²) >= 11 is 0. The van der Waals surface area contributed by atoms with Gasteiger partial charge in [-0.2, -0.15) is 0 Å². The van der Waals surface area contributed by atoms with Gasteiger partial charge in [0.1, 0.15) is 0 Å². The molecule has 0 aromatic heterocycles. The maximum absolute atomic E-state index is 12.4. The van der Waals surface area contributed by atoms with Crippen LogP contribution < -0.4 is 10.6 Å². The van der Waals surface area contributed by atoms with Gasteiger partial charge in [-0.3, -0.25) is 4.79 Å². The van der Waals surface area contributed by atoms with Gasteiger partial charge in [0.05, 0.1) is 0 Å². The van der Waals surface area contributed by atoms with Gasteiger partial charge in [-0.25, -0.2) is 0 Å². The Hall–Kier alpha value is -1.39. The van der Waals surface area contributed by atoms with Gasteiger partial charge >= 0.3 is 0 Å². The van der Waals surface area contributed by atoms with Gasteiger partial charge in [0.2, 0.25) is 0 Å². The van der Waals surface area contributed by atoms with Crippen molar-refractivity contribution in [3.63, 3.8) is 0 Å². The van der Waals surface area contributed by atoms with E-state index >= 15 is 0 Å². The van der Waals surface area contributed by atoms with Crippen LogP contribution in [0.5, 0.6) is 0 Å². The maximum Gasteiger partial charge on any atom is 0.251 e. The van der Waals surface area contributed by atoms with Crippen LogP contribution in [-0.2, 0) is 13.0 Å². The molecule has 21 heavy (non-hydrogen) atoms. The zero-order valence-corrected chi connectivity index (χ0v) is 12.8. The van der Waals surface area contributed by atoms with E-state index in [1.165, 1.54) is 11.1 Å². The summed E-state index contributed by atoms with van der Waals surface area (Å²) in [6.07, 6.45) is 3.78. The molecule has 1 unspecified atom stereocenters. The molecule has 4 heteroatoms. The smallest absolute Gasteiger partial charge is 0.251 e. The highest BCUT2D eigenvalue weighted by molar-refractivity contribution is 5.96. The van der Waals surface area contributed by atoms with Gasteiger partial charge in [-0.05, 0) is 48.9 Å². The monoisotopic (exact) mass is 290 g/mol. The van der Waals surface area contributed by atoms with Crippen molar-refractivity contribution in [2.24, 2.45) is 5.92 Å². The molecule has 1 amide bonds. The van der Waals surface area contributed by atoms with Gasteiger partial charge in [0.25, 0.3) is 5.91 Å². The number of hydrogen-bond acceptors (Lipinski definition) is 3. The summed E-state index contributed by atoms with van der Waals surface area (Å²) in [5.74, 6) is 0.387. The molecular formula is C17H26N2O2. The van der Waals surface area contributed by atoms with Crippen LogP contribution in [0.1, 0.15) is 47.7 Å². The van der Waals surface area contributed by atoms with Gasteiger partial charge in [0.15, 0.2) is 0 Å². The summed E-state index contributed by atoms with van der Waals surface area (Å²) in [7, 11) is 0. The molecule has 4 nitrogen and oxygen atoms in total. The predicted molar refractivity (Wildman–Crippen MR) is 84.3 cm³/mol. The summed E-state index contributed by atoms with van der Waals surface area (Å²) in [5, 5.41) is 15.5. The van der Waals surface area contributed by atoms with E-state index < -0.39 is 0 Å². The summed E-state index contributed by atoms with van der Waals surface area (Å²) in [5.41, 5.74) is 3.23. The molecule has 1 heterocycles. The van der Waals surface area contributed by atoms with Crippen molar-refractivity contribution in [1.82, 2.24) is 10.6 Å². The second-order valence-electron chi connectivity index (χ2n) is 5.75. The number of aliphatic hydroxyl groups excluding tert-OH is 1. The lowest BCUT2D eigenvalue weighted by atomic mass is 9.94. The van der Waals surface area contributed by atoms with Crippen LogP contribution in [0.15, 0.2) is 18.2 Å². The third kappa shape index (κ3) is 4.29. The van der Waals surface area contributed by atoms with Crippen molar-refractivity contribution in [1.29, 1.82) is 0 Å². The molecule has 3 N–H and O–H groups in total. The molecule has 1 aromatic rings. The Morgan fingerprint density at radius 3 is 3.05 bits per heavy atom. The van der Waals surface area contributed by atoms with Gasteiger partial charge in [0, 0.05) is 25.3 Å². The molecule has 1 aliphatic heterocycles.